The van der Waals surface area contributed by atoms with E-state index in [4.69, 9.17) is 5.11 Å². The maximum Gasteiger partial charge on any atom is 0.309 e. The van der Waals surface area contributed by atoms with E-state index in [2.05, 4.69) is 20.2 Å². The lowest BCUT2D eigenvalue weighted by Crippen LogP contribution is -1.99. The summed E-state index contributed by atoms with van der Waals surface area (Å²) >= 11 is 2.72. The zero-order valence-electron chi connectivity index (χ0n) is 7.38. The second kappa shape index (κ2) is 4.41. The minimum Gasteiger partial charge on any atom is -0.481 e. The van der Waals surface area contributed by atoms with Gasteiger partial charge >= 0.3 is 5.97 Å². The molecule has 2 aromatic heterocycles. The molecule has 6 nitrogen and oxygen atoms in total. The van der Waals surface area contributed by atoms with E-state index in [1.54, 1.807) is 5.38 Å². The van der Waals surface area contributed by atoms with E-state index in [0.717, 1.165) is 4.34 Å². The lowest BCUT2D eigenvalue weighted by Gasteiger charge is -1.89. The summed E-state index contributed by atoms with van der Waals surface area (Å²) < 4.78 is 0.753. The van der Waals surface area contributed by atoms with Gasteiger partial charge in [-0.2, -0.15) is 5.10 Å². The van der Waals surface area contributed by atoms with Crippen LogP contribution in [0.4, 0.5) is 0 Å². The summed E-state index contributed by atoms with van der Waals surface area (Å²) in [5.41, 5.74) is 0.564. The fourth-order valence-corrected chi connectivity index (χ4v) is 2.54. The normalized spacial score (nSPS) is 10.4. The van der Waals surface area contributed by atoms with E-state index < -0.39 is 5.97 Å². The fraction of sp³-hybridized carbons (Fsp3) is 0.143. The number of nitrogens with zero attached hydrogens (tertiary/aromatic N) is 3. The van der Waals surface area contributed by atoms with Crippen molar-refractivity contribution >= 4 is 29.1 Å². The van der Waals surface area contributed by atoms with Crippen molar-refractivity contribution < 1.29 is 9.90 Å². The molecular formula is C7H6N4O2S2. The number of carboxylic acids is 1. The van der Waals surface area contributed by atoms with E-state index in [0.29, 0.717) is 10.9 Å². The van der Waals surface area contributed by atoms with Crippen molar-refractivity contribution in [3.05, 3.63) is 17.4 Å². The molecule has 0 bridgehead atoms. The number of rotatable bonds is 4. The van der Waals surface area contributed by atoms with Gasteiger partial charge in [0, 0.05) is 5.38 Å². The molecule has 0 fully saturated rings. The Hall–Kier alpha value is -1.41. The van der Waals surface area contributed by atoms with Crippen LogP contribution in [0.2, 0.25) is 0 Å². The summed E-state index contributed by atoms with van der Waals surface area (Å²) in [6.45, 7) is 0. The predicted molar refractivity (Wildman–Crippen MR) is 54.0 cm³/mol. The zero-order valence-corrected chi connectivity index (χ0v) is 9.01. The molecule has 0 atom stereocenters. The largest absolute Gasteiger partial charge is 0.481 e. The molecule has 0 saturated carbocycles. The topological polar surface area (TPSA) is 91.8 Å². The number of aromatic amines is 1. The van der Waals surface area contributed by atoms with Gasteiger partial charge in [0.2, 0.25) is 0 Å². The lowest BCUT2D eigenvalue weighted by atomic mass is 10.3. The van der Waals surface area contributed by atoms with Crippen LogP contribution >= 0.6 is 23.1 Å². The van der Waals surface area contributed by atoms with Crippen LogP contribution in [-0.4, -0.2) is 31.2 Å². The SMILES string of the molecule is O=C(O)Cc1csc(Sc2ncn[nH]2)n1. The van der Waals surface area contributed by atoms with Crippen molar-refractivity contribution in [2.75, 3.05) is 0 Å². The highest BCUT2D eigenvalue weighted by Crippen LogP contribution is 2.27. The Kier molecular flexibility index (Phi) is 2.97. The number of aromatic nitrogens is 4. The molecule has 0 saturated heterocycles. The third-order valence-electron chi connectivity index (χ3n) is 1.44. The number of carboxylic acid groups (broad SMARTS) is 1. The van der Waals surface area contributed by atoms with E-state index in [1.165, 1.54) is 29.4 Å². The first-order chi connectivity index (χ1) is 7.24. The summed E-state index contributed by atoms with van der Waals surface area (Å²) in [4.78, 5) is 18.5. The van der Waals surface area contributed by atoms with Crippen LogP contribution in [0.5, 0.6) is 0 Å². The summed E-state index contributed by atoms with van der Waals surface area (Å²) in [6.07, 6.45) is 1.36. The van der Waals surface area contributed by atoms with Gasteiger partial charge in [-0.25, -0.2) is 9.97 Å². The Bertz CT molecular complexity index is 453. The van der Waals surface area contributed by atoms with Crippen molar-refractivity contribution in [1.82, 2.24) is 20.2 Å². The van der Waals surface area contributed by atoms with Gasteiger partial charge in [0.25, 0.3) is 0 Å². The molecule has 2 aromatic rings. The number of carbonyl (C=O) groups is 1. The van der Waals surface area contributed by atoms with Crippen LogP contribution in [0.15, 0.2) is 21.2 Å². The molecule has 78 valence electrons. The van der Waals surface area contributed by atoms with Crippen molar-refractivity contribution in [1.29, 1.82) is 0 Å². The van der Waals surface area contributed by atoms with E-state index in [-0.39, 0.29) is 6.42 Å². The molecule has 0 aromatic carbocycles. The zero-order chi connectivity index (χ0) is 10.7. The van der Waals surface area contributed by atoms with Crippen LogP contribution in [-0.2, 0) is 11.2 Å². The number of aliphatic carboxylic acids is 1. The van der Waals surface area contributed by atoms with Gasteiger partial charge in [0.05, 0.1) is 12.1 Å². The summed E-state index contributed by atoms with van der Waals surface area (Å²) in [7, 11) is 0. The molecule has 0 amide bonds. The second-order valence-corrected chi connectivity index (χ2v) is 4.66. The van der Waals surface area contributed by atoms with Crippen LogP contribution in [0.3, 0.4) is 0 Å². The molecule has 15 heavy (non-hydrogen) atoms. The number of thiazole rings is 1. The predicted octanol–water partition coefficient (Wildman–Crippen LogP) is 1.04. The molecule has 0 spiro atoms. The van der Waals surface area contributed by atoms with Crippen molar-refractivity contribution in [3.8, 4) is 0 Å². The molecule has 0 aliphatic rings. The average molecular weight is 242 g/mol. The molecule has 8 heteroatoms. The minimum atomic E-state index is -0.878. The quantitative estimate of drug-likeness (QED) is 0.832. The Labute approximate surface area is 92.8 Å². The van der Waals surface area contributed by atoms with Gasteiger partial charge < -0.3 is 5.11 Å². The van der Waals surface area contributed by atoms with Gasteiger partial charge in [-0.05, 0) is 11.8 Å². The maximum absolute atomic E-state index is 10.4. The third kappa shape index (κ3) is 2.77. The van der Waals surface area contributed by atoms with Crippen molar-refractivity contribution in [2.45, 2.75) is 15.9 Å². The van der Waals surface area contributed by atoms with Gasteiger partial charge in [0.15, 0.2) is 9.50 Å². The number of hydrogen-bond acceptors (Lipinski definition) is 6. The number of hydrogen-bond donors (Lipinski definition) is 2. The first-order valence-electron chi connectivity index (χ1n) is 3.93. The third-order valence-corrected chi connectivity index (χ3v) is 3.32. The molecular weight excluding hydrogens is 236 g/mol. The first-order valence-corrected chi connectivity index (χ1v) is 5.63. The summed E-state index contributed by atoms with van der Waals surface area (Å²) in [5.74, 6) is -0.878. The molecule has 0 radical (unpaired) electrons. The Morgan fingerprint density at radius 3 is 3.20 bits per heavy atom. The van der Waals surface area contributed by atoms with Gasteiger partial charge in [-0.15, -0.1) is 11.3 Å². The molecule has 0 unspecified atom stereocenters. The van der Waals surface area contributed by atoms with Crippen LogP contribution in [0, 0.1) is 0 Å². The van der Waals surface area contributed by atoms with Crippen LogP contribution in [0.1, 0.15) is 5.69 Å². The van der Waals surface area contributed by atoms with E-state index in [1.807, 2.05) is 0 Å². The van der Waals surface area contributed by atoms with Gasteiger partial charge in [0.1, 0.15) is 6.33 Å². The highest BCUT2D eigenvalue weighted by atomic mass is 32.2. The molecule has 2 N–H and O–H groups in total. The Morgan fingerprint density at radius 1 is 1.67 bits per heavy atom. The summed E-state index contributed by atoms with van der Waals surface area (Å²) in [5, 5.41) is 17.3. The molecule has 2 heterocycles. The second-order valence-electron chi connectivity index (χ2n) is 2.57. The molecule has 0 aliphatic carbocycles. The summed E-state index contributed by atoms with van der Waals surface area (Å²) in [6, 6.07) is 0. The average Bonchev–Trinajstić information content (AvgIpc) is 2.77. The number of H-pyrrole nitrogens is 1. The monoisotopic (exact) mass is 242 g/mol. The fourth-order valence-electron chi connectivity index (χ4n) is 0.898. The van der Waals surface area contributed by atoms with Crippen LogP contribution in [0.25, 0.3) is 0 Å². The van der Waals surface area contributed by atoms with Gasteiger partial charge in [-0.1, -0.05) is 0 Å². The number of nitrogens with one attached hydrogen (secondary N) is 1. The lowest BCUT2D eigenvalue weighted by molar-refractivity contribution is -0.136. The Balaban J connectivity index is 2.04. The molecule has 0 aliphatic heterocycles. The highest BCUT2D eigenvalue weighted by Gasteiger charge is 2.08. The smallest absolute Gasteiger partial charge is 0.309 e. The minimum absolute atomic E-state index is 0.0482. The Morgan fingerprint density at radius 2 is 2.53 bits per heavy atom. The maximum atomic E-state index is 10.4. The van der Waals surface area contributed by atoms with Crippen molar-refractivity contribution in [3.63, 3.8) is 0 Å². The highest BCUT2D eigenvalue weighted by molar-refractivity contribution is 8.00. The van der Waals surface area contributed by atoms with Gasteiger partial charge in [-0.3, -0.25) is 9.89 Å². The van der Waals surface area contributed by atoms with E-state index in [9.17, 15) is 4.79 Å². The van der Waals surface area contributed by atoms with E-state index >= 15 is 0 Å². The standard InChI is InChI=1S/C7H6N4O2S2/c12-5(13)1-4-2-14-7(10-4)15-6-8-3-9-11-6/h2-3H,1H2,(H,12,13)(H,8,9,11). The van der Waals surface area contributed by atoms with Crippen molar-refractivity contribution in [2.24, 2.45) is 0 Å². The first kappa shape index (κ1) is 10.1. The van der Waals surface area contributed by atoms with Crippen LogP contribution < -0.4 is 0 Å². The molecule has 2 rings (SSSR count).